The van der Waals surface area contributed by atoms with Gasteiger partial charge in [0.2, 0.25) is 5.91 Å². The van der Waals surface area contributed by atoms with E-state index in [2.05, 4.69) is 27.7 Å². The number of rotatable bonds is 5. The van der Waals surface area contributed by atoms with Crippen molar-refractivity contribution in [2.75, 3.05) is 36.5 Å². The quantitative estimate of drug-likeness (QED) is 0.811. The molecule has 1 aliphatic carbocycles. The largest absolute Gasteiger partial charge is 0.378 e. The average Bonchev–Trinajstić information content (AvgIpc) is 3.35. The number of nitrogens with one attached hydrogen (secondary N) is 1. The first-order chi connectivity index (χ1) is 12.8. The molecule has 0 saturated carbocycles. The monoisotopic (exact) mass is 369 g/mol. The maximum absolute atomic E-state index is 12.1. The van der Waals surface area contributed by atoms with Crippen LogP contribution in [0.5, 0.6) is 0 Å². The molecule has 1 amide bonds. The zero-order valence-electron chi connectivity index (χ0n) is 14.7. The molecule has 1 aliphatic heterocycles. The van der Waals surface area contributed by atoms with Gasteiger partial charge >= 0.3 is 0 Å². The van der Waals surface area contributed by atoms with E-state index < -0.39 is 0 Å². The molecule has 136 valence electrons. The normalized spacial score (nSPS) is 19.7. The lowest BCUT2D eigenvalue weighted by atomic mass is 10.0. The number of carbonyl (C=O) groups is 1. The van der Waals surface area contributed by atoms with Gasteiger partial charge in [-0.3, -0.25) is 4.79 Å². The van der Waals surface area contributed by atoms with Crippen LogP contribution >= 0.6 is 11.3 Å². The first-order valence-electron chi connectivity index (χ1n) is 9.13. The maximum atomic E-state index is 12.1. The van der Waals surface area contributed by atoms with Crippen LogP contribution in [0.25, 0.3) is 11.3 Å². The minimum absolute atomic E-state index is 0.0811. The van der Waals surface area contributed by atoms with E-state index in [9.17, 15) is 4.79 Å². The highest BCUT2D eigenvalue weighted by Crippen LogP contribution is 2.29. The Hall–Kier alpha value is -2.18. The minimum atomic E-state index is 0.0811. The van der Waals surface area contributed by atoms with Crippen molar-refractivity contribution in [3.63, 3.8) is 0 Å². The van der Waals surface area contributed by atoms with Gasteiger partial charge < -0.3 is 15.0 Å². The van der Waals surface area contributed by atoms with Crippen molar-refractivity contribution in [2.24, 2.45) is 5.92 Å². The van der Waals surface area contributed by atoms with Gasteiger partial charge in [-0.05, 0) is 30.9 Å². The molecule has 2 heterocycles. The van der Waals surface area contributed by atoms with Crippen molar-refractivity contribution in [3.8, 4) is 11.3 Å². The van der Waals surface area contributed by atoms with Crippen molar-refractivity contribution < 1.29 is 9.53 Å². The van der Waals surface area contributed by atoms with Crippen LogP contribution in [0.1, 0.15) is 19.3 Å². The Labute approximate surface area is 157 Å². The molecule has 0 spiro atoms. The van der Waals surface area contributed by atoms with Crippen LogP contribution < -0.4 is 10.2 Å². The van der Waals surface area contributed by atoms with Gasteiger partial charge in [0, 0.05) is 36.1 Å². The summed E-state index contributed by atoms with van der Waals surface area (Å²) in [6.45, 7) is 3.32. The second kappa shape index (κ2) is 8.01. The first-order valence-corrected chi connectivity index (χ1v) is 10.0. The third kappa shape index (κ3) is 4.14. The number of ether oxygens (including phenoxy) is 1. The number of aromatic nitrogens is 1. The molecule has 1 aromatic heterocycles. The van der Waals surface area contributed by atoms with Crippen molar-refractivity contribution in [3.05, 3.63) is 41.8 Å². The Kier molecular flexibility index (Phi) is 5.32. The molecule has 1 aromatic carbocycles. The summed E-state index contributed by atoms with van der Waals surface area (Å²) in [5.41, 5.74) is 2.88. The van der Waals surface area contributed by atoms with Crippen molar-refractivity contribution in [2.45, 2.75) is 19.3 Å². The number of amides is 1. The number of hydrogen-bond acceptors (Lipinski definition) is 5. The summed E-state index contributed by atoms with van der Waals surface area (Å²) in [5.74, 6) is 0.473. The lowest BCUT2D eigenvalue weighted by molar-refractivity contribution is -0.116. The molecule has 1 N–H and O–H groups in total. The molecule has 6 heteroatoms. The van der Waals surface area contributed by atoms with E-state index >= 15 is 0 Å². The van der Waals surface area contributed by atoms with Crippen molar-refractivity contribution in [1.29, 1.82) is 0 Å². The molecule has 4 rings (SSSR count). The fourth-order valence-electron chi connectivity index (χ4n) is 3.34. The summed E-state index contributed by atoms with van der Waals surface area (Å²) in [7, 11) is 0. The highest BCUT2D eigenvalue weighted by atomic mass is 32.1. The van der Waals surface area contributed by atoms with Crippen LogP contribution in [-0.4, -0.2) is 37.2 Å². The maximum Gasteiger partial charge on any atom is 0.224 e. The lowest BCUT2D eigenvalue weighted by Gasteiger charge is -2.26. The predicted molar refractivity (Wildman–Crippen MR) is 106 cm³/mol. The highest BCUT2D eigenvalue weighted by molar-refractivity contribution is 7.14. The number of carbonyl (C=O) groups excluding carboxylic acids is 1. The standard InChI is InChI=1S/C20H23N3O2S/c24-19(13-15-3-1-2-4-15)21-17-7-5-16(6-8-17)18-14-26-20(22-18)23-9-11-25-12-10-23/h1,3,5-8,14-15H,2,4,9-13H2,(H,21,24)/t15-/m0/s1. The molecule has 0 bridgehead atoms. The predicted octanol–water partition coefficient (Wildman–Crippen LogP) is 3.94. The van der Waals surface area contributed by atoms with E-state index in [-0.39, 0.29) is 5.91 Å². The molecule has 2 aromatic rings. The highest BCUT2D eigenvalue weighted by Gasteiger charge is 2.16. The van der Waals surface area contributed by atoms with Crippen LogP contribution in [0, 0.1) is 5.92 Å². The van der Waals surface area contributed by atoms with Crippen LogP contribution in [0.3, 0.4) is 0 Å². The number of hydrogen-bond donors (Lipinski definition) is 1. The zero-order valence-corrected chi connectivity index (χ0v) is 15.5. The molecule has 0 radical (unpaired) electrons. The lowest BCUT2D eigenvalue weighted by Crippen LogP contribution is -2.36. The molecular formula is C20H23N3O2S. The Bertz CT molecular complexity index is 779. The van der Waals surface area contributed by atoms with Crippen LogP contribution in [0.15, 0.2) is 41.8 Å². The Morgan fingerprint density at radius 2 is 2.08 bits per heavy atom. The molecule has 1 atom stereocenters. The molecule has 1 fully saturated rings. The summed E-state index contributed by atoms with van der Waals surface area (Å²) in [5, 5.41) is 6.13. The molecule has 2 aliphatic rings. The van der Waals surface area contributed by atoms with E-state index in [1.54, 1.807) is 11.3 Å². The number of benzene rings is 1. The summed E-state index contributed by atoms with van der Waals surface area (Å²) in [6.07, 6.45) is 7.05. The minimum Gasteiger partial charge on any atom is -0.378 e. The zero-order chi connectivity index (χ0) is 17.8. The van der Waals surface area contributed by atoms with E-state index in [0.717, 1.165) is 61.2 Å². The SMILES string of the molecule is O=C(C[C@H]1C=CCC1)Nc1ccc(-c2csc(N3CCOCC3)n2)cc1. The van der Waals surface area contributed by atoms with Gasteiger partial charge in [-0.15, -0.1) is 11.3 Å². The summed E-state index contributed by atoms with van der Waals surface area (Å²) >= 11 is 1.67. The number of allylic oxidation sites excluding steroid dienone is 2. The van der Waals surface area contributed by atoms with Gasteiger partial charge in [-0.1, -0.05) is 24.3 Å². The van der Waals surface area contributed by atoms with E-state index in [0.29, 0.717) is 12.3 Å². The Morgan fingerprint density at radius 3 is 2.81 bits per heavy atom. The molecule has 1 saturated heterocycles. The number of nitrogens with zero attached hydrogens (tertiary/aromatic N) is 2. The third-order valence-electron chi connectivity index (χ3n) is 4.80. The summed E-state index contributed by atoms with van der Waals surface area (Å²) in [6, 6.07) is 7.93. The molecule has 5 nitrogen and oxygen atoms in total. The first kappa shape index (κ1) is 17.2. The van der Waals surface area contributed by atoms with Gasteiger partial charge in [-0.2, -0.15) is 0 Å². The second-order valence-corrected chi connectivity index (χ2v) is 7.55. The van der Waals surface area contributed by atoms with Crippen LogP contribution in [0.4, 0.5) is 10.8 Å². The van der Waals surface area contributed by atoms with Gasteiger partial charge in [0.15, 0.2) is 5.13 Å². The van der Waals surface area contributed by atoms with E-state index in [1.165, 1.54) is 0 Å². The molecule has 0 unspecified atom stereocenters. The van der Waals surface area contributed by atoms with E-state index in [4.69, 9.17) is 9.72 Å². The molecular weight excluding hydrogens is 346 g/mol. The van der Waals surface area contributed by atoms with Gasteiger partial charge in [0.05, 0.1) is 18.9 Å². The fraction of sp³-hybridized carbons (Fsp3) is 0.400. The van der Waals surface area contributed by atoms with E-state index in [1.807, 2.05) is 24.3 Å². The average molecular weight is 369 g/mol. The van der Waals surface area contributed by atoms with Crippen LogP contribution in [0.2, 0.25) is 0 Å². The smallest absolute Gasteiger partial charge is 0.224 e. The summed E-state index contributed by atoms with van der Waals surface area (Å²) in [4.78, 5) is 19.2. The van der Waals surface area contributed by atoms with Gasteiger partial charge in [0.1, 0.15) is 0 Å². The Morgan fingerprint density at radius 1 is 1.27 bits per heavy atom. The molecule has 26 heavy (non-hydrogen) atoms. The number of morpholine rings is 1. The summed E-state index contributed by atoms with van der Waals surface area (Å²) < 4.78 is 5.40. The van der Waals surface area contributed by atoms with Crippen molar-refractivity contribution >= 4 is 28.1 Å². The third-order valence-corrected chi connectivity index (χ3v) is 5.70. The van der Waals surface area contributed by atoms with Crippen LogP contribution in [-0.2, 0) is 9.53 Å². The van der Waals surface area contributed by atoms with Gasteiger partial charge in [-0.25, -0.2) is 4.98 Å². The number of thiazole rings is 1. The number of anilines is 2. The van der Waals surface area contributed by atoms with Crippen molar-refractivity contribution in [1.82, 2.24) is 4.98 Å². The topological polar surface area (TPSA) is 54.5 Å². The Balaban J connectivity index is 1.37. The van der Waals surface area contributed by atoms with Gasteiger partial charge in [0.25, 0.3) is 0 Å². The fourth-order valence-corrected chi connectivity index (χ4v) is 4.23. The second-order valence-electron chi connectivity index (χ2n) is 6.71.